The number of H-pyrrole nitrogens is 1. The van der Waals surface area contributed by atoms with E-state index in [0.29, 0.717) is 28.0 Å². The Bertz CT molecular complexity index is 1010. The number of imidazole rings is 1. The average Bonchev–Trinajstić information content (AvgIpc) is 2.99. The maximum absolute atomic E-state index is 13.2. The van der Waals surface area contributed by atoms with Gasteiger partial charge in [-0.3, -0.25) is 5.10 Å². The van der Waals surface area contributed by atoms with Crippen LogP contribution < -0.4 is 5.32 Å². The van der Waals surface area contributed by atoms with Crippen LogP contribution in [-0.4, -0.2) is 19.6 Å². The summed E-state index contributed by atoms with van der Waals surface area (Å²) in [5.41, 5.74) is 1.90. The lowest BCUT2D eigenvalue weighted by atomic mass is 10.3. The Kier molecular flexibility index (Phi) is 2.77. The standard InChI is InChI=1S/C14H8ClF2N5/c15-7-1-4-12-11(5-7)19-14-20-13(21-22(12)14)18-8-2-3-9(16)10(17)6-8/h1-6H,(H2,18,19,20,21). The van der Waals surface area contributed by atoms with Crippen LogP contribution in [0.4, 0.5) is 20.4 Å². The van der Waals surface area contributed by atoms with Gasteiger partial charge in [0.1, 0.15) is 0 Å². The van der Waals surface area contributed by atoms with Gasteiger partial charge in [-0.15, -0.1) is 0 Å². The average molecular weight is 320 g/mol. The minimum atomic E-state index is -0.929. The van der Waals surface area contributed by atoms with Crippen LogP contribution >= 0.6 is 11.6 Å². The maximum atomic E-state index is 13.2. The molecule has 2 heterocycles. The van der Waals surface area contributed by atoms with E-state index >= 15 is 0 Å². The molecule has 4 rings (SSSR count). The van der Waals surface area contributed by atoms with E-state index in [0.717, 1.165) is 17.6 Å². The number of nitrogens with one attached hydrogen (secondary N) is 2. The lowest BCUT2D eigenvalue weighted by Crippen LogP contribution is -1.95. The Morgan fingerprint density at radius 2 is 1.91 bits per heavy atom. The molecule has 0 saturated heterocycles. The van der Waals surface area contributed by atoms with Crippen LogP contribution in [0.3, 0.4) is 0 Å². The summed E-state index contributed by atoms with van der Waals surface area (Å²) in [7, 11) is 0. The fourth-order valence-corrected chi connectivity index (χ4v) is 2.39. The van der Waals surface area contributed by atoms with Gasteiger partial charge in [-0.2, -0.15) is 4.98 Å². The molecule has 8 heteroatoms. The summed E-state index contributed by atoms with van der Waals surface area (Å²) in [4.78, 5) is 8.58. The zero-order chi connectivity index (χ0) is 15.3. The highest BCUT2D eigenvalue weighted by atomic mass is 35.5. The van der Waals surface area contributed by atoms with Gasteiger partial charge in [-0.1, -0.05) is 11.6 Å². The van der Waals surface area contributed by atoms with Crippen molar-refractivity contribution in [2.24, 2.45) is 0 Å². The topological polar surface area (TPSA) is 58.0 Å². The van der Waals surface area contributed by atoms with E-state index in [2.05, 4.69) is 20.4 Å². The second-order valence-corrected chi connectivity index (χ2v) is 5.14. The molecule has 5 nitrogen and oxygen atoms in total. The molecule has 2 aromatic heterocycles. The van der Waals surface area contributed by atoms with E-state index < -0.39 is 11.6 Å². The summed E-state index contributed by atoms with van der Waals surface area (Å²) in [6, 6.07) is 8.82. The Labute approximate surface area is 127 Å². The van der Waals surface area contributed by atoms with Gasteiger partial charge in [0.05, 0.1) is 11.0 Å². The summed E-state index contributed by atoms with van der Waals surface area (Å²) in [6.07, 6.45) is 0. The molecule has 0 aliphatic rings. The lowest BCUT2D eigenvalue weighted by molar-refractivity contribution is 0.509. The summed E-state index contributed by atoms with van der Waals surface area (Å²) >= 11 is 5.92. The predicted octanol–water partition coefficient (Wildman–Crippen LogP) is 3.89. The van der Waals surface area contributed by atoms with E-state index in [-0.39, 0.29) is 0 Å². The summed E-state index contributed by atoms with van der Waals surface area (Å²) in [6.45, 7) is 0. The Hall–Kier alpha value is -2.67. The third-order valence-corrected chi connectivity index (χ3v) is 3.45. The van der Waals surface area contributed by atoms with Crippen molar-refractivity contribution < 1.29 is 8.78 Å². The van der Waals surface area contributed by atoms with Crippen LogP contribution in [-0.2, 0) is 0 Å². The van der Waals surface area contributed by atoms with Crippen LogP contribution in [0.15, 0.2) is 36.4 Å². The highest BCUT2D eigenvalue weighted by Crippen LogP contribution is 2.22. The highest BCUT2D eigenvalue weighted by molar-refractivity contribution is 6.31. The Morgan fingerprint density at radius 3 is 2.73 bits per heavy atom. The summed E-state index contributed by atoms with van der Waals surface area (Å²) < 4.78 is 27.8. The van der Waals surface area contributed by atoms with Crippen molar-refractivity contribution in [1.82, 2.24) is 19.6 Å². The molecule has 4 aromatic rings. The van der Waals surface area contributed by atoms with Crippen molar-refractivity contribution in [1.29, 1.82) is 0 Å². The first-order chi connectivity index (χ1) is 10.6. The van der Waals surface area contributed by atoms with Crippen molar-refractivity contribution in [2.75, 3.05) is 5.32 Å². The number of anilines is 2. The van der Waals surface area contributed by atoms with Gasteiger partial charge in [0.25, 0.3) is 5.78 Å². The van der Waals surface area contributed by atoms with Gasteiger partial charge >= 0.3 is 0 Å². The van der Waals surface area contributed by atoms with E-state index in [9.17, 15) is 8.78 Å². The van der Waals surface area contributed by atoms with Gasteiger partial charge in [-0.05, 0) is 30.3 Å². The normalized spacial score (nSPS) is 11.4. The summed E-state index contributed by atoms with van der Waals surface area (Å²) in [5.74, 6) is -1.02. The minimum Gasteiger partial charge on any atom is -0.324 e. The number of aromatic amines is 1. The Morgan fingerprint density at radius 1 is 1.05 bits per heavy atom. The molecule has 2 aromatic carbocycles. The molecule has 0 fully saturated rings. The second kappa shape index (κ2) is 4.67. The molecule has 110 valence electrons. The lowest BCUT2D eigenvalue weighted by Gasteiger charge is -2.02. The minimum absolute atomic E-state index is 0.366. The highest BCUT2D eigenvalue weighted by Gasteiger charge is 2.10. The fourth-order valence-electron chi connectivity index (χ4n) is 2.22. The number of aromatic nitrogens is 4. The number of benzene rings is 2. The second-order valence-electron chi connectivity index (χ2n) is 4.71. The molecule has 0 amide bonds. The molecule has 0 spiro atoms. The number of fused-ring (bicyclic) bond motifs is 3. The number of rotatable bonds is 2. The van der Waals surface area contributed by atoms with E-state index in [4.69, 9.17) is 11.6 Å². The van der Waals surface area contributed by atoms with Crippen LogP contribution in [0.2, 0.25) is 5.02 Å². The van der Waals surface area contributed by atoms with Crippen LogP contribution in [0.1, 0.15) is 0 Å². The molecule has 0 unspecified atom stereocenters. The molecular formula is C14H8ClF2N5. The van der Waals surface area contributed by atoms with Crippen LogP contribution in [0.25, 0.3) is 16.8 Å². The van der Waals surface area contributed by atoms with Gasteiger partial charge in [-0.25, -0.2) is 18.3 Å². The van der Waals surface area contributed by atoms with E-state index in [1.165, 1.54) is 6.07 Å². The number of nitrogens with zero attached hydrogens (tertiary/aromatic N) is 3. The van der Waals surface area contributed by atoms with E-state index in [1.807, 2.05) is 6.07 Å². The first kappa shape index (κ1) is 13.0. The van der Waals surface area contributed by atoms with Crippen molar-refractivity contribution in [2.45, 2.75) is 0 Å². The molecule has 0 bridgehead atoms. The first-order valence-corrected chi connectivity index (χ1v) is 6.74. The molecule has 0 atom stereocenters. The van der Waals surface area contributed by atoms with Gasteiger partial charge in [0.2, 0.25) is 5.95 Å². The fraction of sp³-hybridized carbons (Fsp3) is 0. The zero-order valence-corrected chi connectivity index (χ0v) is 11.7. The van der Waals surface area contributed by atoms with Crippen molar-refractivity contribution in [3.8, 4) is 0 Å². The zero-order valence-electron chi connectivity index (χ0n) is 10.9. The largest absolute Gasteiger partial charge is 0.324 e. The molecule has 2 N–H and O–H groups in total. The maximum Gasteiger partial charge on any atom is 0.253 e. The van der Waals surface area contributed by atoms with Crippen LogP contribution in [0, 0.1) is 11.6 Å². The monoisotopic (exact) mass is 319 g/mol. The third-order valence-electron chi connectivity index (χ3n) is 3.21. The molecule has 0 aliphatic heterocycles. The van der Waals surface area contributed by atoms with Crippen molar-refractivity contribution >= 4 is 40.0 Å². The summed E-state index contributed by atoms with van der Waals surface area (Å²) in [5, 5.41) is 6.45. The number of halogens is 3. The predicted molar refractivity (Wildman–Crippen MR) is 79.5 cm³/mol. The Balaban J connectivity index is 1.74. The quantitative estimate of drug-likeness (QED) is 0.589. The number of hydrogen-bond donors (Lipinski definition) is 2. The third kappa shape index (κ3) is 2.06. The molecular weight excluding hydrogens is 312 g/mol. The van der Waals surface area contributed by atoms with E-state index in [1.54, 1.807) is 16.6 Å². The molecule has 0 radical (unpaired) electrons. The van der Waals surface area contributed by atoms with Crippen molar-refractivity contribution in [3.63, 3.8) is 0 Å². The SMILES string of the molecule is Fc1ccc(Nc2nc3nc4cc(Cl)ccc4n3[nH]2)cc1F. The van der Waals surface area contributed by atoms with Crippen molar-refractivity contribution in [3.05, 3.63) is 53.1 Å². The van der Waals surface area contributed by atoms with Crippen LogP contribution in [0.5, 0.6) is 0 Å². The van der Waals surface area contributed by atoms with Gasteiger partial charge < -0.3 is 5.32 Å². The van der Waals surface area contributed by atoms with Gasteiger partial charge in [0.15, 0.2) is 11.6 Å². The molecule has 22 heavy (non-hydrogen) atoms. The smallest absolute Gasteiger partial charge is 0.253 e. The number of hydrogen-bond acceptors (Lipinski definition) is 3. The molecule has 0 aliphatic carbocycles. The van der Waals surface area contributed by atoms with Gasteiger partial charge in [0, 0.05) is 16.8 Å². The first-order valence-electron chi connectivity index (χ1n) is 6.36. The molecule has 0 saturated carbocycles.